The fourth-order valence-corrected chi connectivity index (χ4v) is 4.92. The smallest absolute Gasteiger partial charge is 0.326 e. The maximum Gasteiger partial charge on any atom is 0.326 e. The summed E-state index contributed by atoms with van der Waals surface area (Å²) < 4.78 is 11.1. The number of nitrogens with zero attached hydrogens (tertiary/aromatic N) is 2. The van der Waals surface area contributed by atoms with Gasteiger partial charge in [-0.2, -0.15) is 5.26 Å². The summed E-state index contributed by atoms with van der Waals surface area (Å²) in [6.07, 6.45) is 7.06. The number of carboxylic acid groups (broad SMARTS) is 1. The first-order valence-corrected chi connectivity index (χ1v) is 12.4. The predicted molar refractivity (Wildman–Crippen MR) is 124 cm³/mol. The number of hydrogen-bond acceptors (Lipinski definition) is 7. The van der Waals surface area contributed by atoms with E-state index in [-0.39, 0.29) is 32.0 Å². The number of carboxylic acids is 1. The van der Waals surface area contributed by atoms with Crippen molar-refractivity contribution in [1.29, 1.82) is 5.26 Å². The number of hydrogen-bond donors (Lipinski definition) is 3. The van der Waals surface area contributed by atoms with E-state index < -0.39 is 23.3 Å². The van der Waals surface area contributed by atoms with Crippen molar-refractivity contribution < 1.29 is 24.2 Å². The van der Waals surface area contributed by atoms with E-state index in [1.54, 1.807) is 0 Å². The average molecular weight is 471 g/mol. The lowest BCUT2D eigenvalue weighted by molar-refractivity contribution is -0.145. The molecule has 1 amide bonds. The molecule has 1 saturated carbocycles. The number of anilines is 1. The number of carbonyl (C=O) groups excluding carboxylic acids is 1. The first kappa shape index (κ1) is 24.4. The third-order valence-corrected chi connectivity index (χ3v) is 7.31. The normalized spacial score (nSPS) is 24.0. The molecule has 2 fully saturated rings. The van der Waals surface area contributed by atoms with Crippen molar-refractivity contribution in [2.45, 2.75) is 69.9 Å². The van der Waals surface area contributed by atoms with Gasteiger partial charge in [-0.1, -0.05) is 6.07 Å². The van der Waals surface area contributed by atoms with Crippen molar-refractivity contribution >= 4 is 17.7 Å². The van der Waals surface area contributed by atoms with Crippen molar-refractivity contribution in [1.82, 2.24) is 10.3 Å². The van der Waals surface area contributed by atoms with Gasteiger partial charge in [-0.3, -0.25) is 4.79 Å². The fraction of sp³-hybridized carbons (Fsp3) is 0.680. The topological polar surface area (TPSA) is 134 Å². The SMILES string of the molecule is N#CC1(C(=O)NC(CCOC2CC(CCc3ccc4c(n3)NCCC4)C2)C(=O)O)CCOCC1. The zero-order chi connectivity index (χ0) is 24.0. The standard InChI is InChI=1S/C25H34N4O5/c26-16-25(8-12-33-13-9-25)24(32)29-21(23(30)31)7-11-34-20-14-17(15-20)3-5-19-6-4-18-2-1-10-27-22(18)28-19/h4,6,17,20-21H,1-3,5,7-15H2,(H,27,28)(H,29,32)(H,30,31). The van der Waals surface area contributed by atoms with E-state index in [9.17, 15) is 20.0 Å². The third-order valence-electron chi connectivity index (χ3n) is 7.31. The summed E-state index contributed by atoms with van der Waals surface area (Å²) in [5.74, 6) is -0.0121. The molecule has 3 aliphatic rings. The Morgan fingerprint density at radius 1 is 1.35 bits per heavy atom. The Hall–Kier alpha value is -2.70. The summed E-state index contributed by atoms with van der Waals surface area (Å²) in [7, 11) is 0. The molecule has 1 saturated heterocycles. The van der Waals surface area contributed by atoms with Crippen molar-refractivity contribution in [2.24, 2.45) is 11.3 Å². The molecule has 2 aliphatic heterocycles. The van der Waals surface area contributed by atoms with Gasteiger partial charge in [0, 0.05) is 38.5 Å². The fourth-order valence-electron chi connectivity index (χ4n) is 4.92. The Bertz CT molecular complexity index is 918. The summed E-state index contributed by atoms with van der Waals surface area (Å²) >= 11 is 0. The highest BCUT2D eigenvalue weighted by Crippen LogP contribution is 2.34. The number of aromatic nitrogens is 1. The van der Waals surface area contributed by atoms with Gasteiger partial charge in [0.1, 0.15) is 17.3 Å². The van der Waals surface area contributed by atoms with Crippen molar-refractivity contribution in [3.05, 3.63) is 23.4 Å². The zero-order valence-corrected chi connectivity index (χ0v) is 19.6. The summed E-state index contributed by atoms with van der Waals surface area (Å²) in [5.41, 5.74) is 1.22. The Morgan fingerprint density at radius 2 is 2.15 bits per heavy atom. The highest BCUT2D eigenvalue weighted by atomic mass is 16.5. The van der Waals surface area contributed by atoms with Gasteiger partial charge < -0.3 is 25.2 Å². The van der Waals surface area contributed by atoms with Crippen LogP contribution in [0.15, 0.2) is 12.1 Å². The molecule has 1 atom stereocenters. The first-order valence-electron chi connectivity index (χ1n) is 12.4. The summed E-state index contributed by atoms with van der Waals surface area (Å²) in [6.45, 7) is 1.90. The van der Waals surface area contributed by atoms with E-state index >= 15 is 0 Å². The number of aryl methyl sites for hydroxylation is 2. The number of nitrogens with one attached hydrogen (secondary N) is 2. The van der Waals surface area contributed by atoms with E-state index in [1.807, 2.05) is 0 Å². The van der Waals surface area contributed by atoms with Crippen LogP contribution in [0.3, 0.4) is 0 Å². The van der Waals surface area contributed by atoms with Crippen LogP contribution in [-0.2, 0) is 31.9 Å². The van der Waals surface area contributed by atoms with Gasteiger partial charge in [0.2, 0.25) is 5.91 Å². The van der Waals surface area contributed by atoms with Crippen LogP contribution >= 0.6 is 0 Å². The van der Waals surface area contributed by atoms with Gasteiger partial charge >= 0.3 is 5.97 Å². The van der Waals surface area contributed by atoms with Gasteiger partial charge in [-0.25, -0.2) is 9.78 Å². The van der Waals surface area contributed by atoms with E-state index in [0.717, 1.165) is 56.6 Å². The van der Waals surface area contributed by atoms with Gasteiger partial charge in [0.15, 0.2) is 0 Å². The van der Waals surface area contributed by atoms with Crippen LogP contribution in [0.4, 0.5) is 5.82 Å². The Balaban J connectivity index is 1.15. The van der Waals surface area contributed by atoms with E-state index in [0.29, 0.717) is 19.1 Å². The number of nitriles is 1. The van der Waals surface area contributed by atoms with Crippen LogP contribution in [0.1, 0.15) is 56.2 Å². The number of fused-ring (bicyclic) bond motifs is 1. The molecular formula is C25H34N4O5. The lowest BCUT2D eigenvalue weighted by Crippen LogP contribution is -2.50. The van der Waals surface area contributed by atoms with E-state index in [2.05, 4.69) is 28.8 Å². The Kier molecular flexibility index (Phi) is 8.01. The largest absolute Gasteiger partial charge is 0.480 e. The highest BCUT2D eigenvalue weighted by Gasteiger charge is 2.42. The van der Waals surface area contributed by atoms with Crippen LogP contribution in [-0.4, -0.2) is 60.5 Å². The van der Waals surface area contributed by atoms with Gasteiger partial charge in [0.25, 0.3) is 0 Å². The van der Waals surface area contributed by atoms with Crippen LogP contribution < -0.4 is 10.6 Å². The average Bonchev–Trinajstić information content (AvgIpc) is 2.84. The third kappa shape index (κ3) is 5.86. The monoisotopic (exact) mass is 470 g/mol. The van der Waals surface area contributed by atoms with E-state index in [1.165, 1.54) is 5.56 Å². The van der Waals surface area contributed by atoms with Crippen LogP contribution in [0.5, 0.6) is 0 Å². The van der Waals surface area contributed by atoms with Crippen LogP contribution in [0, 0.1) is 22.7 Å². The molecule has 184 valence electrons. The molecule has 0 spiro atoms. The predicted octanol–water partition coefficient (Wildman–Crippen LogP) is 2.45. The second-order valence-electron chi connectivity index (χ2n) is 9.67. The molecule has 0 bridgehead atoms. The van der Waals surface area contributed by atoms with Crippen molar-refractivity contribution in [3.8, 4) is 6.07 Å². The van der Waals surface area contributed by atoms with Crippen molar-refractivity contribution in [2.75, 3.05) is 31.7 Å². The lowest BCUT2D eigenvalue weighted by atomic mass is 9.79. The number of aliphatic carboxylic acids is 1. The number of amides is 1. The number of rotatable bonds is 10. The zero-order valence-electron chi connectivity index (χ0n) is 19.6. The second kappa shape index (κ2) is 11.2. The second-order valence-corrected chi connectivity index (χ2v) is 9.67. The maximum absolute atomic E-state index is 12.6. The van der Waals surface area contributed by atoms with E-state index in [4.69, 9.17) is 14.5 Å². The Morgan fingerprint density at radius 3 is 2.88 bits per heavy atom. The molecular weight excluding hydrogens is 436 g/mol. The minimum atomic E-state index is -1.21. The molecule has 34 heavy (non-hydrogen) atoms. The minimum Gasteiger partial charge on any atom is -0.480 e. The number of pyridine rings is 1. The summed E-state index contributed by atoms with van der Waals surface area (Å²) in [6, 6.07) is 5.33. The molecule has 9 heteroatoms. The maximum atomic E-state index is 12.6. The van der Waals surface area contributed by atoms with Gasteiger partial charge in [-0.05, 0) is 68.9 Å². The van der Waals surface area contributed by atoms with Crippen molar-refractivity contribution in [3.63, 3.8) is 0 Å². The minimum absolute atomic E-state index is 0.134. The summed E-state index contributed by atoms with van der Waals surface area (Å²) in [4.78, 5) is 29.0. The lowest BCUT2D eigenvalue weighted by Gasteiger charge is -2.35. The molecule has 9 nitrogen and oxygen atoms in total. The highest BCUT2D eigenvalue weighted by molar-refractivity contribution is 5.89. The number of carbonyl (C=O) groups is 2. The molecule has 1 aliphatic carbocycles. The molecule has 4 rings (SSSR count). The molecule has 3 N–H and O–H groups in total. The molecule has 0 radical (unpaired) electrons. The quantitative estimate of drug-likeness (QED) is 0.475. The molecule has 1 aromatic heterocycles. The molecule has 1 aromatic rings. The molecule has 1 unspecified atom stereocenters. The molecule has 0 aromatic carbocycles. The Labute approximate surface area is 200 Å². The summed E-state index contributed by atoms with van der Waals surface area (Å²) in [5, 5.41) is 24.9. The van der Waals surface area contributed by atoms with Crippen LogP contribution in [0.25, 0.3) is 0 Å². The number of ether oxygens (including phenoxy) is 2. The van der Waals surface area contributed by atoms with Crippen LogP contribution in [0.2, 0.25) is 0 Å². The van der Waals surface area contributed by atoms with Gasteiger partial charge in [-0.15, -0.1) is 0 Å². The van der Waals surface area contributed by atoms with Gasteiger partial charge in [0.05, 0.1) is 12.2 Å². The molecule has 3 heterocycles. The first-order chi connectivity index (χ1) is 16.5.